The number of amides is 1. The highest BCUT2D eigenvalue weighted by Gasteiger charge is 2.19. The van der Waals surface area contributed by atoms with Gasteiger partial charge in [-0.2, -0.15) is 0 Å². The van der Waals surface area contributed by atoms with Crippen molar-refractivity contribution in [2.75, 3.05) is 6.54 Å². The van der Waals surface area contributed by atoms with Crippen molar-refractivity contribution in [3.8, 4) is 0 Å². The monoisotopic (exact) mass is 338 g/mol. The number of carbonyl (C=O) groups is 1. The number of nitrogens with one attached hydrogen (secondary N) is 2. The smallest absolute Gasteiger partial charge is 0.242 e. The summed E-state index contributed by atoms with van der Waals surface area (Å²) in [5, 5.41) is 2.95. The Balaban J connectivity index is 2.76. The number of halogens is 2. The predicted octanol–water partition coefficient (Wildman–Crippen LogP) is 2.19. The van der Waals surface area contributed by atoms with E-state index < -0.39 is 15.9 Å². The molecular weight excluding hydrogens is 323 g/mol. The molecule has 8 heteroatoms. The first-order valence-corrected chi connectivity index (χ1v) is 8.24. The number of carbonyl (C=O) groups excluding carboxylic acids is 1. The zero-order valence-electron chi connectivity index (χ0n) is 11.1. The Hall–Kier alpha value is -0.820. The van der Waals surface area contributed by atoms with Gasteiger partial charge in [0.25, 0.3) is 0 Å². The maximum Gasteiger partial charge on any atom is 0.242 e. The summed E-state index contributed by atoms with van der Waals surface area (Å²) >= 11 is 11.6. The standard InChI is InChI=1S/C12H16Cl2N2O3S/c1-3-8(2)16-12(17)7-15-20(18,19)11-6-9(13)4-5-10(11)14/h4-6,8,15H,3,7H2,1-2H3,(H,16,17)/t8-/m0/s1. The van der Waals surface area contributed by atoms with Crippen LogP contribution < -0.4 is 10.0 Å². The molecule has 0 saturated heterocycles. The summed E-state index contributed by atoms with van der Waals surface area (Å²) < 4.78 is 26.3. The van der Waals surface area contributed by atoms with Crippen molar-refractivity contribution in [1.29, 1.82) is 0 Å². The zero-order chi connectivity index (χ0) is 15.3. The molecule has 0 radical (unpaired) electrons. The van der Waals surface area contributed by atoms with Gasteiger partial charge in [0.05, 0.1) is 11.6 Å². The summed E-state index contributed by atoms with van der Waals surface area (Å²) in [5.74, 6) is -0.402. The van der Waals surface area contributed by atoms with Gasteiger partial charge in [0.15, 0.2) is 0 Å². The van der Waals surface area contributed by atoms with E-state index in [1.165, 1.54) is 18.2 Å². The molecule has 1 amide bonds. The number of sulfonamides is 1. The summed E-state index contributed by atoms with van der Waals surface area (Å²) in [6.07, 6.45) is 0.763. The largest absolute Gasteiger partial charge is 0.353 e. The molecule has 20 heavy (non-hydrogen) atoms. The van der Waals surface area contributed by atoms with Gasteiger partial charge in [-0.05, 0) is 31.5 Å². The maximum atomic E-state index is 12.0. The highest BCUT2D eigenvalue weighted by molar-refractivity contribution is 7.89. The van der Waals surface area contributed by atoms with Crippen LogP contribution in [0.25, 0.3) is 0 Å². The minimum absolute atomic E-state index is 0.0123. The van der Waals surface area contributed by atoms with Gasteiger partial charge < -0.3 is 5.32 Å². The molecule has 1 aromatic rings. The third kappa shape index (κ3) is 4.94. The fourth-order valence-electron chi connectivity index (χ4n) is 1.35. The summed E-state index contributed by atoms with van der Waals surface area (Å²) in [5.41, 5.74) is 0. The van der Waals surface area contributed by atoms with Gasteiger partial charge in [0.2, 0.25) is 15.9 Å². The van der Waals surface area contributed by atoms with Gasteiger partial charge in [-0.25, -0.2) is 13.1 Å². The van der Waals surface area contributed by atoms with Gasteiger partial charge in [0.1, 0.15) is 4.90 Å². The fourth-order valence-corrected chi connectivity index (χ4v) is 3.09. The van der Waals surface area contributed by atoms with Crippen molar-refractivity contribution in [2.45, 2.75) is 31.2 Å². The van der Waals surface area contributed by atoms with Crippen molar-refractivity contribution >= 4 is 39.1 Å². The van der Waals surface area contributed by atoms with Gasteiger partial charge >= 0.3 is 0 Å². The Morgan fingerprint density at radius 3 is 2.60 bits per heavy atom. The number of hydrogen-bond donors (Lipinski definition) is 2. The van der Waals surface area contributed by atoms with Crippen molar-refractivity contribution < 1.29 is 13.2 Å². The van der Waals surface area contributed by atoms with E-state index >= 15 is 0 Å². The number of hydrogen-bond acceptors (Lipinski definition) is 3. The Labute approximate surface area is 128 Å². The van der Waals surface area contributed by atoms with E-state index in [1.54, 1.807) is 0 Å². The van der Waals surface area contributed by atoms with Crippen LogP contribution in [0.4, 0.5) is 0 Å². The number of benzene rings is 1. The van der Waals surface area contributed by atoms with Crippen LogP contribution in [-0.2, 0) is 14.8 Å². The van der Waals surface area contributed by atoms with Crippen LogP contribution >= 0.6 is 23.2 Å². The van der Waals surface area contributed by atoms with Crippen LogP contribution in [0.2, 0.25) is 10.0 Å². The topological polar surface area (TPSA) is 75.3 Å². The SMILES string of the molecule is CC[C@H](C)NC(=O)CNS(=O)(=O)c1cc(Cl)ccc1Cl. The second-order valence-corrected chi connectivity index (χ2v) is 6.86. The molecule has 0 spiro atoms. The van der Waals surface area contributed by atoms with E-state index in [2.05, 4.69) is 10.0 Å². The van der Waals surface area contributed by atoms with Crippen LogP contribution in [-0.4, -0.2) is 26.9 Å². The lowest BCUT2D eigenvalue weighted by atomic mass is 10.2. The molecule has 0 fully saturated rings. The molecule has 0 heterocycles. The van der Waals surface area contributed by atoms with Gasteiger partial charge in [-0.15, -0.1) is 0 Å². The molecule has 1 atom stereocenters. The van der Waals surface area contributed by atoms with Crippen LogP contribution in [0.5, 0.6) is 0 Å². The van der Waals surface area contributed by atoms with Crippen LogP contribution in [0, 0.1) is 0 Å². The van der Waals surface area contributed by atoms with Crippen molar-refractivity contribution in [3.63, 3.8) is 0 Å². The normalized spacial score (nSPS) is 13.0. The highest BCUT2D eigenvalue weighted by atomic mass is 35.5. The summed E-state index contributed by atoms with van der Waals surface area (Å²) in [4.78, 5) is 11.4. The zero-order valence-corrected chi connectivity index (χ0v) is 13.4. The lowest BCUT2D eigenvalue weighted by Gasteiger charge is -2.12. The molecule has 0 aromatic heterocycles. The van der Waals surface area contributed by atoms with E-state index in [1.807, 2.05) is 13.8 Å². The van der Waals surface area contributed by atoms with Crippen molar-refractivity contribution in [1.82, 2.24) is 10.0 Å². The fraction of sp³-hybridized carbons (Fsp3) is 0.417. The first-order chi connectivity index (χ1) is 9.26. The number of rotatable bonds is 6. The molecule has 0 bridgehead atoms. The molecule has 0 aliphatic carbocycles. The van der Waals surface area contributed by atoms with E-state index in [0.29, 0.717) is 0 Å². The molecule has 112 valence electrons. The molecular formula is C12H16Cl2N2O3S. The van der Waals surface area contributed by atoms with Crippen LogP contribution in [0.15, 0.2) is 23.1 Å². The Kier molecular flexibility index (Phi) is 6.26. The Morgan fingerprint density at radius 2 is 2.00 bits per heavy atom. The van der Waals surface area contributed by atoms with E-state index in [4.69, 9.17) is 23.2 Å². The van der Waals surface area contributed by atoms with Crippen molar-refractivity contribution in [2.24, 2.45) is 0 Å². The van der Waals surface area contributed by atoms with Gasteiger partial charge in [-0.1, -0.05) is 30.1 Å². The average molecular weight is 339 g/mol. The van der Waals surface area contributed by atoms with E-state index in [-0.39, 0.29) is 27.5 Å². The van der Waals surface area contributed by atoms with Gasteiger partial charge in [-0.3, -0.25) is 4.79 Å². The lowest BCUT2D eigenvalue weighted by molar-refractivity contribution is -0.120. The van der Waals surface area contributed by atoms with E-state index in [9.17, 15) is 13.2 Å². The molecule has 1 aromatic carbocycles. The average Bonchev–Trinajstić information content (AvgIpc) is 2.39. The van der Waals surface area contributed by atoms with Crippen LogP contribution in [0.3, 0.4) is 0 Å². The molecule has 1 rings (SSSR count). The molecule has 2 N–H and O–H groups in total. The molecule has 0 unspecified atom stereocenters. The quantitative estimate of drug-likeness (QED) is 0.834. The van der Waals surface area contributed by atoms with Gasteiger partial charge in [0, 0.05) is 11.1 Å². The predicted molar refractivity (Wildman–Crippen MR) is 79.5 cm³/mol. The molecule has 0 aliphatic heterocycles. The second-order valence-electron chi connectivity index (χ2n) is 4.28. The summed E-state index contributed by atoms with van der Waals surface area (Å²) in [6.45, 7) is 3.40. The lowest BCUT2D eigenvalue weighted by Crippen LogP contribution is -2.40. The second kappa shape index (κ2) is 7.26. The van der Waals surface area contributed by atoms with Crippen molar-refractivity contribution in [3.05, 3.63) is 28.2 Å². The first-order valence-electron chi connectivity index (χ1n) is 6.00. The highest BCUT2D eigenvalue weighted by Crippen LogP contribution is 2.24. The Morgan fingerprint density at radius 1 is 1.35 bits per heavy atom. The third-order valence-electron chi connectivity index (χ3n) is 2.63. The first kappa shape index (κ1) is 17.2. The Bertz CT molecular complexity index is 590. The summed E-state index contributed by atoms with van der Waals surface area (Å²) in [6, 6.07) is 4.09. The third-order valence-corrected chi connectivity index (χ3v) is 4.74. The molecule has 0 aliphatic rings. The van der Waals surface area contributed by atoms with Crippen LogP contribution in [0.1, 0.15) is 20.3 Å². The molecule has 5 nitrogen and oxygen atoms in total. The molecule has 0 saturated carbocycles. The minimum Gasteiger partial charge on any atom is -0.353 e. The summed E-state index contributed by atoms with van der Waals surface area (Å²) in [7, 11) is -3.88. The van der Waals surface area contributed by atoms with E-state index in [0.717, 1.165) is 6.42 Å². The minimum atomic E-state index is -3.88. The maximum absolute atomic E-state index is 12.0.